The van der Waals surface area contributed by atoms with Gasteiger partial charge >= 0.3 is 0 Å². The third-order valence-corrected chi connectivity index (χ3v) is 6.35. The first-order chi connectivity index (χ1) is 14.1. The summed E-state index contributed by atoms with van der Waals surface area (Å²) in [6, 6.07) is 21.8. The molecular weight excluding hydrogens is 363 g/mol. The molecule has 3 atom stereocenters. The second-order valence-corrected chi connectivity index (χ2v) is 7.95. The fourth-order valence-corrected chi connectivity index (χ4v) is 4.70. The molecule has 0 N–H and O–H groups in total. The predicted molar refractivity (Wildman–Crippen MR) is 114 cm³/mol. The number of hydrogen-bond acceptors (Lipinski definition) is 2. The van der Waals surface area contributed by atoms with Gasteiger partial charge in [0.25, 0.3) is 0 Å². The largest absolute Gasteiger partial charge is 0.497 e. The molecule has 0 radical (unpaired) electrons. The van der Waals surface area contributed by atoms with Crippen LogP contribution in [0, 0.1) is 11.7 Å². The number of benzene rings is 3. The van der Waals surface area contributed by atoms with Gasteiger partial charge in [0, 0.05) is 0 Å². The first-order valence-corrected chi connectivity index (χ1v) is 10.1. The van der Waals surface area contributed by atoms with Gasteiger partial charge in [0.15, 0.2) is 0 Å². The molecule has 3 aromatic rings. The topological polar surface area (TPSA) is 18.5 Å². The zero-order valence-electron chi connectivity index (χ0n) is 17.2. The lowest BCUT2D eigenvalue weighted by molar-refractivity contribution is 0.345. The zero-order valence-corrected chi connectivity index (χ0v) is 17.2. The van der Waals surface area contributed by atoms with Gasteiger partial charge in [-0.25, -0.2) is 4.39 Å². The van der Waals surface area contributed by atoms with Crippen molar-refractivity contribution in [1.29, 1.82) is 0 Å². The van der Waals surface area contributed by atoms with Crippen molar-refractivity contribution in [3.63, 3.8) is 0 Å². The highest BCUT2D eigenvalue weighted by atomic mass is 19.1. The van der Waals surface area contributed by atoms with E-state index in [9.17, 15) is 4.39 Å². The molecule has 0 heterocycles. The first kappa shape index (κ1) is 19.5. The molecule has 0 saturated heterocycles. The molecule has 0 bridgehead atoms. The molecule has 3 aromatic carbocycles. The van der Waals surface area contributed by atoms with Crippen LogP contribution in [0.5, 0.6) is 11.5 Å². The van der Waals surface area contributed by atoms with Crippen molar-refractivity contribution < 1.29 is 13.9 Å². The summed E-state index contributed by atoms with van der Waals surface area (Å²) in [5.74, 6) is 2.68. The van der Waals surface area contributed by atoms with Gasteiger partial charge in [-0.1, -0.05) is 37.3 Å². The van der Waals surface area contributed by atoms with Gasteiger partial charge in [-0.05, 0) is 89.2 Å². The third kappa shape index (κ3) is 4.00. The highest BCUT2D eigenvalue weighted by Crippen LogP contribution is 2.47. The van der Waals surface area contributed by atoms with E-state index in [2.05, 4.69) is 31.2 Å². The monoisotopic (exact) mass is 390 g/mol. The molecule has 0 fully saturated rings. The second-order valence-electron chi connectivity index (χ2n) is 7.95. The van der Waals surface area contributed by atoms with E-state index in [1.165, 1.54) is 22.8 Å². The number of methoxy groups -OCH3 is 2. The summed E-state index contributed by atoms with van der Waals surface area (Å²) >= 11 is 0. The Labute approximate surface area is 172 Å². The molecular formula is C26H27FO2. The lowest BCUT2D eigenvalue weighted by Crippen LogP contribution is -2.28. The van der Waals surface area contributed by atoms with Crippen molar-refractivity contribution in [2.75, 3.05) is 14.2 Å². The smallest absolute Gasteiger partial charge is 0.123 e. The highest BCUT2D eigenvalue weighted by Gasteiger charge is 2.35. The average Bonchev–Trinajstić information content (AvgIpc) is 2.75. The van der Waals surface area contributed by atoms with Crippen LogP contribution >= 0.6 is 0 Å². The second kappa shape index (κ2) is 8.28. The molecule has 0 saturated carbocycles. The van der Waals surface area contributed by atoms with Crippen molar-refractivity contribution >= 4 is 0 Å². The molecule has 0 aromatic heterocycles. The van der Waals surface area contributed by atoms with Crippen molar-refractivity contribution in [2.24, 2.45) is 5.92 Å². The summed E-state index contributed by atoms with van der Waals surface area (Å²) in [7, 11) is 3.40. The minimum absolute atomic E-state index is 0.177. The maximum absolute atomic E-state index is 13.8. The molecule has 2 nitrogen and oxygen atoms in total. The van der Waals surface area contributed by atoms with E-state index in [0.29, 0.717) is 17.8 Å². The number of ether oxygens (including phenoxy) is 2. The summed E-state index contributed by atoms with van der Waals surface area (Å²) in [6.45, 7) is 2.32. The number of fused-ring (bicyclic) bond motifs is 1. The Kier molecular flexibility index (Phi) is 5.57. The quantitative estimate of drug-likeness (QED) is 0.520. The summed E-state index contributed by atoms with van der Waals surface area (Å²) < 4.78 is 24.6. The molecule has 1 aliphatic carbocycles. The van der Waals surface area contributed by atoms with Crippen LogP contribution in [0.2, 0.25) is 0 Å². The molecule has 1 aliphatic rings. The molecule has 29 heavy (non-hydrogen) atoms. The van der Waals surface area contributed by atoms with Gasteiger partial charge in [0.2, 0.25) is 0 Å². The Morgan fingerprint density at radius 2 is 1.62 bits per heavy atom. The summed E-state index contributed by atoms with van der Waals surface area (Å²) in [6.07, 6.45) is 1.80. The van der Waals surface area contributed by atoms with E-state index in [4.69, 9.17) is 9.47 Å². The van der Waals surface area contributed by atoms with E-state index >= 15 is 0 Å². The Balaban J connectivity index is 1.73. The minimum Gasteiger partial charge on any atom is -0.497 e. The van der Waals surface area contributed by atoms with Crippen molar-refractivity contribution in [1.82, 2.24) is 0 Å². The molecule has 3 unspecified atom stereocenters. The number of rotatable bonds is 5. The van der Waals surface area contributed by atoms with Gasteiger partial charge in [-0.15, -0.1) is 0 Å². The lowest BCUT2D eigenvalue weighted by atomic mass is 9.66. The van der Waals surface area contributed by atoms with E-state index in [1.54, 1.807) is 26.4 Å². The standard InChI is InChI=1S/C26H27FO2/c1-17-24(19-7-10-22(28-2)11-8-19)15-20-9-12-23(29-3)16-26(20)25(17)14-18-5-4-6-21(27)13-18/h4-13,16-17,24-25H,14-15H2,1-3H3. The van der Waals surface area contributed by atoms with Crippen LogP contribution in [-0.2, 0) is 12.8 Å². The zero-order chi connectivity index (χ0) is 20.4. The molecule has 3 heteroatoms. The fraction of sp³-hybridized carbons (Fsp3) is 0.308. The summed E-state index contributed by atoms with van der Waals surface area (Å²) in [4.78, 5) is 0. The van der Waals surface area contributed by atoms with Crippen molar-refractivity contribution in [3.8, 4) is 11.5 Å². The summed E-state index contributed by atoms with van der Waals surface area (Å²) in [5, 5.41) is 0. The van der Waals surface area contributed by atoms with Crippen LogP contribution in [0.25, 0.3) is 0 Å². The minimum atomic E-state index is -0.177. The Morgan fingerprint density at radius 1 is 0.897 bits per heavy atom. The maximum atomic E-state index is 13.8. The van der Waals surface area contributed by atoms with Gasteiger partial charge in [0.05, 0.1) is 14.2 Å². The predicted octanol–water partition coefficient (Wildman–Crippen LogP) is 6.15. The maximum Gasteiger partial charge on any atom is 0.123 e. The lowest BCUT2D eigenvalue weighted by Gasteiger charge is -2.38. The number of hydrogen-bond donors (Lipinski definition) is 0. The van der Waals surface area contributed by atoms with Crippen molar-refractivity contribution in [3.05, 3.63) is 94.8 Å². The number of halogens is 1. The highest BCUT2D eigenvalue weighted by molar-refractivity contribution is 5.44. The van der Waals surface area contributed by atoms with Crippen LogP contribution in [0.3, 0.4) is 0 Å². The van der Waals surface area contributed by atoms with Crippen LogP contribution in [-0.4, -0.2) is 14.2 Å². The molecule has 150 valence electrons. The van der Waals surface area contributed by atoms with Gasteiger partial charge < -0.3 is 9.47 Å². The average molecular weight is 390 g/mol. The van der Waals surface area contributed by atoms with E-state index in [0.717, 1.165) is 29.9 Å². The molecule has 4 rings (SSSR count). The van der Waals surface area contributed by atoms with Crippen molar-refractivity contribution in [2.45, 2.75) is 31.6 Å². The molecule has 0 aliphatic heterocycles. The van der Waals surface area contributed by atoms with E-state index in [-0.39, 0.29) is 5.82 Å². The summed E-state index contributed by atoms with van der Waals surface area (Å²) in [5.41, 5.74) is 5.03. The Hall–Kier alpha value is -2.81. The first-order valence-electron chi connectivity index (χ1n) is 10.1. The van der Waals surface area contributed by atoms with Gasteiger partial charge in [0.1, 0.15) is 17.3 Å². The van der Waals surface area contributed by atoms with Gasteiger partial charge in [-0.2, -0.15) is 0 Å². The molecule has 0 spiro atoms. The SMILES string of the molecule is COc1ccc(C2Cc3ccc(OC)cc3C(Cc3cccc(F)c3)C2C)cc1. The van der Waals surface area contributed by atoms with Crippen LogP contribution in [0.1, 0.15) is 41.0 Å². The van der Waals surface area contributed by atoms with Crippen LogP contribution in [0.15, 0.2) is 66.7 Å². The Bertz CT molecular complexity index is 980. The molecule has 0 amide bonds. The Morgan fingerprint density at radius 3 is 2.31 bits per heavy atom. The van der Waals surface area contributed by atoms with E-state index < -0.39 is 0 Å². The normalized spacial score (nSPS) is 20.8. The third-order valence-electron chi connectivity index (χ3n) is 6.35. The van der Waals surface area contributed by atoms with Gasteiger partial charge in [-0.3, -0.25) is 0 Å². The van der Waals surface area contributed by atoms with Crippen LogP contribution in [0.4, 0.5) is 4.39 Å². The van der Waals surface area contributed by atoms with Crippen LogP contribution < -0.4 is 9.47 Å². The van der Waals surface area contributed by atoms with E-state index in [1.807, 2.05) is 24.3 Å². The fourth-order valence-electron chi connectivity index (χ4n) is 4.70.